The largest absolute Gasteiger partial charge is 0.488 e. The highest BCUT2D eigenvalue weighted by atomic mass is 32.2. The van der Waals surface area contributed by atoms with Crippen LogP contribution in [0, 0.1) is 13.8 Å². The molecular weight excluding hydrogens is 332 g/mol. The van der Waals surface area contributed by atoms with E-state index in [0.717, 1.165) is 28.2 Å². The van der Waals surface area contributed by atoms with E-state index in [4.69, 9.17) is 9.47 Å². The van der Waals surface area contributed by atoms with Crippen LogP contribution in [0.5, 0.6) is 11.5 Å². The molecule has 0 amide bonds. The number of esters is 1. The molecule has 0 radical (unpaired) electrons. The molecule has 0 bridgehead atoms. The summed E-state index contributed by atoms with van der Waals surface area (Å²) in [6.07, 6.45) is 3.37. The number of carbonyl (C=O) groups is 1. The van der Waals surface area contributed by atoms with Crippen LogP contribution in [0.1, 0.15) is 42.5 Å². The van der Waals surface area contributed by atoms with Gasteiger partial charge in [-0.3, -0.25) is 4.79 Å². The summed E-state index contributed by atoms with van der Waals surface area (Å²) in [4.78, 5) is 12.8. The smallest absolute Gasteiger partial charge is 0.310 e. The van der Waals surface area contributed by atoms with Crippen molar-refractivity contribution in [2.45, 2.75) is 52.0 Å². The molecule has 0 atom stereocenters. The highest BCUT2D eigenvalue weighted by Gasteiger charge is 2.14. The summed E-state index contributed by atoms with van der Waals surface area (Å²) in [5.41, 5.74) is 4.61. The van der Waals surface area contributed by atoms with Crippen LogP contribution >= 0.6 is 11.8 Å². The fraction of sp³-hybridized carbons (Fsp3) is 0.381. The predicted molar refractivity (Wildman–Crippen MR) is 104 cm³/mol. The fourth-order valence-corrected chi connectivity index (χ4v) is 3.33. The minimum absolute atomic E-state index is 0.237. The number of carbonyl (C=O) groups excluding carboxylic acids is 1. The summed E-state index contributed by atoms with van der Waals surface area (Å²) in [7, 11) is 0. The molecule has 2 aromatic carbocycles. The molecule has 134 valence electrons. The van der Waals surface area contributed by atoms with Crippen LogP contribution in [0.3, 0.4) is 0 Å². The summed E-state index contributed by atoms with van der Waals surface area (Å²) in [6.45, 7) is 8.49. The molecule has 0 N–H and O–H groups in total. The van der Waals surface area contributed by atoms with Gasteiger partial charge in [-0.2, -0.15) is 0 Å². The summed E-state index contributed by atoms with van der Waals surface area (Å²) in [5.74, 6) is 1.22. The quantitative estimate of drug-likeness (QED) is 0.373. The van der Waals surface area contributed by atoms with E-state index in [9.17, 15) is 4.79 Å². The van der Waals surface area contributed by atoms with Crippen molar-refractivity contribution in [3.63, 3.8) is 0 Å². The van der Waals surface area contributed by atoms with Crippen LogP contribution in [-0.4, -0.2) is 12.2 Å². The van der Waals surface area contributed by atoms with Crippen LogP contribution in [0.15, 0.2) is 35.2 Å². The minimum atomic E-state index is -0.237. The van der Waals surface area contributed by atoms with Crippen molar-refractivity contribution in [3.05, 3.63) is 52.6 Å². The Kier molecular flexibility index (Phi) is 6.94. The van der Waals surface area contributed by atoms with Gasteiger partial charge in [0.25, 0.3) is 0 Å². The van der Waals surface area contributed by atoms with Gasteiger partial charge in [-0.25, -0.2) is 0 Å². The average Bonchev–Trinajstić information content (AvgIpc) is 2.62. The predicted octanol–water partition coefficient (Wildman–Crippen LogP) is 5.48. The maximum Gasteiger partial charge on any atom is 0.310 e. The molecule has 0 aliphatic rings. The molecule has 3 nitrogen and oxygen atoms in total. The summed E-state index contributed by atoms with van der Waals surface area (Å²) in [5, 5.41) is 0. The highest BCUT2D eigenvalue weighted by molar-refractivity contribution is 7.98. The second kappa shape index (κ2) is 8.95. The van der Waals surface area contributed by atoms with Crippen LogP contribution in [0.25, 0.3) is 0 Å². The molecule has 2 rings (SSSR count). The highest BCUT2D eigenvalue weighted by Crippen LogP contribution is 2.31. The van der Waals surface area contributed by atoms with Gasteiger partial charge in [0.2, 0.25) is 0 Å². The van der Waals surface area contributed by atoms with Gasteiger partial charge in [0, 0.05) is 16.9 Å². The standard InChI is InChI=1S/C21H26O3S/c1-6-16-11-15(4)19(12-14(16)3)23-13-17-18(24-21(22)7-2)9-8-10-20(17)25-5/h8-12H,6-7,13H2,1-5H3. The first kappa shape index (κ1) is 19.4. The van der Waals surface area contributed by atoms with E-state index in [2.05, 4.69) is 32.9 Å². The van der Waals surface area contributed by atoms with Gasteiger partial charge >= 0.3 is 5.97 Å². The Morgan fingerprint density at radius 3 is 2.48 bits per heavy atom. The van der Waals surface area contributed by atoms with Gasteiger partial charge in [0.05, 0.1) is 0 Å². The zero-order valence-electron chi connectivity index (χ0n) is 15.6. The van der Waals surface area contributed by atoms with Crippen LogP contribution in [0.2, 0.25) is 0 Å². The molecule has 0 saturated heterocycles. The van der Waals surface area contributed by atoms with Gasteiger partial charge < -0.3 is 9.47 Å². The normalized spacial score (nSPS) is 10.6. The monoisotopic (exact) mass is 358 g/mol. The Labute approximate surface area is 154 Å². The molecule has 0 heterocycles. The third-order valence-electron chi connectivity index (χ3n) is 4.21. The Bertz CT molecular complexity index is 753. The van der Waals surface area contributed by atoms with Crippen molar-refractivity contribution in [2.75, 3.05) is 6.26 Å². The molecule has 4 heteroatoms. The Morgan fingerprint density at radius 2 is 1.84 bits per heavy atom. The second-order valence-electron chi connectivity index (χ2n) is 5.95. The van der Waals surface area contributed by atoms with E-state index in [0.29, 0.717) is 18.8 Å². The molecule has 0 aliphatic carbocycles. The van der Waals surface area contributed by atoms with Crippen LogP contribution in [0.4, 0.5) is 0 Å². The van der Waals surface area contributed by atoms with Gasteiger partial charge in [-0.1, -0.05) is 26.0 Å². The molecule has 2 aromatic rings. The molecular formula is C21H26O3S. The van der Waals surface area contributed by atoms with E-state index in [1.807, 2.05) is 24.5 Å². The van der Waals surface area contributed by atoms with Crippen molar-refractivity contribution in [1.82, 2.24) is 0 Å². The van der Waals surface area contributed by atoms with E-state index in [1.165, 1.54) is 11.1 Å². The second-order valence-corrected chi connectivity index (χ2v) is 6.80. The van der Waals surface area contributed by atoms with Gasteiger partial charge in [-0.05, 0) is 61.4 Å². The van der Waals surface area contributed by atoms with E-state index < -0.39 is 0 Å². The van der Waals surface area contributed by atoms with Gasteiger partial charge in [-0.15, -0.1) is 11.8 Å². The van der Waals surface area contributed by atoms with E-state index in [1.54, 1.807) is 18.7 Å². The van der Waals surface area contributed by atoms with Gasteiger partial charge in [0.15, 0.2) is 0 Å². The summed E-state index contributed by atoms with van der Waals surface area (Å²) < 4.78 is 11.6. The molecule has 0 aromatic heterocycles. The lowest BCUT2D eigenvalue weighted by Gasteiger charge is -2.16. The van der Waals surface area contributed by atoms with Gasteiger partial charge in [0.1, 0.15) is 18.1 Å². The lowest BCUT2D eigenvalue weighted by molar-refractivity contribution is -0.134. The number of aryl methyl sites for hydroxylation is 3. The van der Waals surface area contributed by atoms with Crippen molar-refractivity contribution in [2.24, 2.45) is 0 Å². The number of rotatable bonds is 7. The maximum absolute atomic E-state index is 11.7. The third-order valence-corrected chi connectivity index (χ3v) is 5.03. The topological polar surface area (TPSA) is 35.5 Å². The molecule has 0 saturated carbocycles. The van der Waals surface area contributed by atoms with Crippen molar-refractivity contribution >= 4 is 17.7 Å². The first-order valence-corrected chi connectivity index (χ1v) is 9.82. The van der Waals surface area contributed by atoms with Crippen molar-refractivity contribution in [1.29, 1.82) is 0 Å². The lowest BCUT2D eigenvalue weighted by Crippen LogP contribution is -2.09. The fourth-order valence-electron chi connectivity index (χ4n) is 2.71. The van der Waals surface area contributed by atoms with E-state index >= 15 is 0 Å². The minimum Gasteiger partial charge on any atom is -0.488 e. The van der Waals surface area contributed by atoms with E-state index in [-0.39, 0.29) is 5.97 Å². The first-order chi connectivity index (χ1) is 12.0. The zero-order chi connectivity index (χ0) is 18.4. The lowest BCUT2D eigenvalue weighted by atomic mass is 10.0. The molecule has 0 unspecified atom stereocenters. The number of benzene rings is 2. The maximum atomic E-state index is 11.7. The molecule has 0 spiro atoms. The molecule has 0 fully saturated rings. The van der Waals surface area contributed by atoms with Crippen molar-refractivity contribution in [3.8, 4) is 11.5 Å². The number of ether oxygens (including phenoxy) is 2. The Balaban J connectivity index is 2.28. The molecule has 0 aliphatic heterocycles. The summed E-state index contributed by atoms with van der Waals surface area (Å²) >= 11 is 1.62. The average molecular weight is 359 g/mol. The number of hydrogen-bond acceptors (Lipinski definition) is 4. The Morgan fingerprint density at radius 1 is 1.08 bits per heavy atom. The third kappa shape index (κ3) is 4.79. The molecule has 25 heavy (non-hydrogen) atoms. The zero-order valence-corrected chi connectivity index (χ0v) is 16.5. The summed E-state index contributed by atoms with van der Waals surface area (Å²) in [6, 6.07) is 10.0. The van der Waals surface area contributed by atoms with Crippen molar-refractivity contribution < 1.29 is 14.3 Å². The first-order valence-electron chi connectivity index (χ1n) is 8.59. The SMILES string of the molecule is CCC(=O)Oc1cccc(SC)c1COc1cc(C)c(CC)cc1C. The number of thioether (sulfide) groups is 1. The van der Waals surface area contributed by atoms with Crippen LogP contribution in [-0.2, 0) is 17.8 Å². The van der Waals surface area contributed by atoms with Crippen LogP contribution < -0.4 is 9.47 Å². The number of hydrogen-bond donors (Lipinski definition) is 0. The Hall–Kier alpha value is -1.94.